The van der Waals surface area contributed by atoms with Gasteiger partial charge in [0.1, 0.15) is 5.52 Å². The number of carbonyl (C=O) groups excluding carboxylic acids is 2. The van der Waals surface area contributed by atoms with Crippen molar-refractivity contribution in [1.29, 1.82) is 0 Å². The van der Waals surface area contributed by atoms with Gasteiger partial charge in [0.05, 0.1) is 24.1 Å². The van der Waals surface area contributed by atoms with Crippen molar-refractivity contribution in [2.45, 2.75) is 32.7 Å². The van der Waals surface area contributed by atoms with Gasteiger partial charge in [-0.3, -0.25) is 20.1 Å². The van der Waals surface area contributed by atoms with E-state index in [1.165, 1.54) is 11.4 Å². The van der Waals surface area contributed by atoms with Crippen molar-refractivity contribution in [2.24, 2.45) is 0 Å². The summed E-state index contributed by atoms with van der Waals surface area (Å²) < 4.78 is 6.02. The van der Waals surface area contributed by atoms with Gasteiger partial charge in [0, 0.05) is 45.0 Å². The first kappa shape index (κ1) is 23.1. The lowest BCUT2D eigenvalue weighted by Crippen LogP contribution is -2.53. The van der Waals surface area contributed by atoms with Crippen molar-refractivity contribution in [3.63, 3.8) is 0 Å². The number of pyridine rings is 1. The first-order chi connectivity index (χ1) is 17.1. The number of piperazine rings is 1. The summed E-state index contributed by atoms with van der Waals surface area (Å²) >= 11 is 0. The maximum atomic E-state index is 12.8. The molecule has 0 spiro atoms. The number of likely N-dealkylation sites (tertiary alicyclic amines) is 1. The largest absolute Gasteiger partial charge is 0.439 e. The van der Waals surface area contributed by atoms with E-state index in [4.69, 9.17) is 9.40 Å². The Hall–Kier alpha value is -3.66. The van der Waals surface area contributed by atoms with Gasteiger partial charge in [-0.1, -0.05) is 6.07 Å². The molecule has 0 saturated carbocycles. The average Bonchev–Trinajstić information content (AvgIpc) is 3.31. The Balaban J connectivity index is 1.24. The van der Waals surface area contributed by atoms with E-state index in [1.54, 1.807) is 6.20 Å². The fourth-order valence-electron chi connectivity index (χ4n) is 4.63. The van der Waals surface area contributed by atoms with E-state index in [9.17, 15) is 9.59 Å². The van der Waals surface area contributed by atoms with E-state index >= 15 is 0 Å². The van der Waals surface area contributed by atoms with Crippen LogP contribution < -0.4 is 10.4 Å². The molecule has 2 saturated heterocycles. The Morgan fingerprint density at radius 3 is 2.54 bits per heavy atom. The van der Waals surface area contributed by atoms with Crippen LogP contribution in [0.3, 0.4) is 0 Å². The minimum atomic E-state index is 0.168. The van der Waals surface area contributed by atoms with E-state index < -0.39 is 0 Å². The highest BCUT2D eigenvalue weighted by Crippen LogP contribution is 2.27. The van der Waals surface area contributed by atoms with Crippen molar-refractivity contribution in [3.05, 3.63) is 48.1 Å². The van der Waals surface area contributed by atoms with Crippen LogP contribution in [-0.4, -0.2) is 76.4 Å². The molecule has 5 rings (SSSR count). The number of nitrogens with one attached hydrogen (secondary N) is 1. The lowest BCUT2D eigenvalue weighted by molar-refractivity contribution is -0.107. The predicted molar refractivity (Wildman–Crippen MR) is 133 cm³/mol. The molecule has 0 radical (unpaired) electrons. The Bertz CT molecular complexity index is 1170. The van der Waals surface area contributed by atoms with Gasteiger partial charge in [-0.05, 0) is 50.5 Å². The summed E-state index contributed by atoms with van der Waals surface area (Å²) in [7, 11) is 0. The number of hydrogen-bond donors (Lipinski definition) is 1. The van der Waals surface area contributed by atoms with Gasteiger partial charge in [-0.25, -0.2) is 14.8 Å². The summed E-state index contributed by atoms with van der Waals surface area (Å²) in [6.45, 7) is 7.15. The van der Waals surface area contributed by atoms with Crippen LogP contribution >= 0.6 is 0 Å². The quantitative estimate of drug-likeness (QED) is 0.430. The zero-order valence-electron chi connectivity index (χ0n) is 20.0. The Labute approximate surface area is 204 Å². The highest BCUT2D eigenvalue weighted by atomic mass is 16.3. The van der Waals surface area contributed by atoms with Crippen LogP contribution in [0.1, 0.15) is 30.8 Å². The van der Waals surface area contributed by atoms with Crippen molar-refractivity contribution in [3.8, 4) is 0 Å². The molecule has 1 N–H and O–H groups in total. The van der Waals surface area contributed by atoms with Crippen LogP contribution in [0.2, 0.25) is 0 Å². The monoisotopic (exact) mass is 477 g/mol. The molecule has 2 aromatic heterocycles. The van der Waals surface area contributed by atoms with Gasteiger partial charge >= 0.3 is 6.03 Å². The molecule has 3 aromatic rings. The number of carbonyl (C=O) groups is 2. The molecule has 0 aliphatic carbocycles. The molecule has 4 heterocycles. The maximum absolute atomic E-state index is 12.8. The summed E-state index contributed by atoms with van der Waals surface area (Å²) in [5, 5.41) is 1.38. The van der Waals surface area contributed by atoms with Gasteiger partial charge in [-0.2, -0.15) is 0 Å². The smallest absolute Gasteiger partial charge is 0.320 e. The minimum absolute atomic E-state index is 0.168. The molecule has 10 heteroatoms. The molecule has 0 unspecified atom stereocenters. The molecule has 3 amide bonds. The second-order valence-corrected chi connectivity index (χ2v) is 9.10. The van der Waals surface area contributed by atoms with Crippen molar-refractivity contribution in [1.82, 2.24) is 24.7 Å². The number of oxazole rings is 1. The second kappa shape index (κ2) is 10.3. The first-order valence-corrected chi connectivity index (χ1v) is 12.2. The molecule has 0 atom stereocenters. The third kappa shape index (κ3) is 5.22. The molecule has 2 fully saturated rings. The van der Waals surface area contributed by atoms with E-state index in [-0.39, 0.29) is 6.03 Å². The number of nitrogens with zero attached hydrogens (tertiary/aromatic N) is 6. The lowest BCUT2D eigenvalue weighted by atomic mass is 10.1. The Kier molecular flexibility index (Phi) is 6.80. The zero-order valence-corrected chi connectivity index (χ0v) is 20.0. The van der Waals surface area contributed by atoms with Crippen molar-refractivity contribution >= 4 is 34.9 Å². The topological polar surface area (TPSA) is 98.0 Å². The van der Waals surface area contributed by atoms with Gasteiger partial charge in [0.2, 0.25) is 12.3 Å². The number of hydrogen-bond acceptors (Lipinski definition) is 7. The molecule has 184 valence electrons. The maximum Gasteiger partial charge on any atom is 0.320 e. The SMILES string of the molecule is Cc1ccc(NN(C=O)c2cccc3oc(CN4CCN(C(=O)N5CCCCC5)CC4)nc23)cn1. The second-order valence-electron chi connectivity index (χ2n) is 9.10. The molecular formula is C25H31N7O3. The van der Waals surface area contributed by atoms with Crippen LogP contribution in [-0.2, 0) is 11.3 Å². The Morgan fingerprint density at radius 2 is 1.83 bits per heavy atom. The number of hydrazine groups is 1. The van der Waals surface area contributed by atoms with Crippen LogP contribution in [0.5, 0.6) is 0 Å². The summed E-state index contributed by atoms with van der Waals surface area (Å²) in [4.78, 5) is 39.8. The van der Waals surface area contributed by atoms with E-state index in [0.29, 0.717) is 54.4 Å². The molecule has 10 nitrogen and oxygen atoms in total. The highest BCUT2D eigenvalue weighted by molar-refractivity contribution is 5.94. The number of aryl methyl sites for hydroxylation is 1. The lowest BCUT2D eigenvalue weighted by Gasteiger charge is -2.38. The van der Waals surface area contributed by atoms with Gasteiger partial charge in [0.25, 0.3) is 0 Å². The normalized spacial score (nSPS) is 16.9. The minimum Gasteiger partial charge on any atom is -0.439 e. The number of benzene rings is 1. The van der Waals surface area contributed by atoms with Crippen molar-refractivity contribution < 1.29 is 14.0 Å². The number of rotatable bonds is 6. The van der Waals surface area contributed by atoms with Crippen LogP contribution in [0.25, 0.3) is 11.1 Å². The number of fused-ring (bicyclic) bond motifs is 1. The number of aromatic nitrogens is 2. The third-order valence-electron chi connectivity index (χ3n) is 6.60. The molecule has 2 aliphatic rings. The zero-order chi connectivity index (χ0) is 24.2. The van der Waals surface area contributed by atoms with Gasteiger partial charge in [-0.15, -0.1) is 0 Å². The molecule has 0 bridgehead atoms. The van der Waals surface area contributed by atoms with E-state index in [2.05, 4.69) is 15.3 Å². The predicted octanol–water partition coefficient (Wildman–Crippen LogP) is 3.24. The van der Waals surface area contributed by atoms with Crippen LogP contribution in [0.4, 0.5) is 16.2 Å². The van der Waals surface area contributed by atoms with Gasteiger partial charge < -0.3 is 14.2 Å². The summed E-state index contributed by atoms with van der Waals surface area (Å²) in [6.07, 6.45) is 5.81. The number of para-hydroxylation sites is 1. The third-order valence-corrected chi connectivity index (χ3v) is 6.60. The number of anilines is 2. The average molecular weight is 478 g/mol. The van der Waals surface area contributed by atoms with Crippen LogP contribution in [0, 0.1) is 6.92 Å². The fourth-order valence-corrected chi connectivity index (χ4v) is 4.63. The van der Waals surface area contributed by atoms with Crippen molar-refractivity contribution in [2.75, 3.05) is 49.7 Å². The Morgan fingerprint density at radius 1 is 1.06 bits per heavy atom. The van der Waals surface area contributed by atoms with E-state index in [1.807, 2.05) is 47.1 Å². The van der Waals surface area contributed by atoms with Crippen LogP contribution in [0.15, 0.2) is 40.9 Å². The van der Waals surface area contributed by atoms with E-state index in [0.717, 1.165) is 44.7 Å². The van der Waals surface area contributed by atoms with Gasteiger partial charge in [0.15, 0.2) is 5.58 Å². The summed E-state index contributed by atoms with van der Waals surface area (Å²) in [5.74, 6) is 0.589. The molecular weight excluding hydrogens is 446 g/mol. The number of urea groups is 1. The number of amides is 3. The highest BCUT2D eigenvalue weighted by Gasteiger charge is 2.27. The summed E-state index contributed by atoms with van der Waals surface area (Å²) in [6, 6.07) is 9.41. The summed E-state index contributed by atoms with van der Waals surface area (Å²) in [5.41, 5.74) is 6.49. The first-order valence-electron chi connectivity index (χ1n) is 12.2. The molecule has 1 aromatic carbocycles. The fraction of sp³-hybridized carbons (Fsp3) is 0.440. The molecule has 35 heavy (non-hydrogen) atoms. The molecule has 2 aliphatic heterocycles. The number of piperidine rings is 1. The standard InChI is InChI=1S/C25H31N7O3/c1-19-8-9-20(16-26-19)28-32(18-33)21-6-5-7-22-24(21)27-23(35-22)17-29-12-14-31(15-13-29)25(34)30-10-3-2-4-11-30/h5-9,16,18,28H,2-4,10-15,17H2,1H3.